The van der Waals surface area contributed by atoms with E-state index in [0.29, 0.717) is 30.4 Å². The highest BCUT2D eigenvalue weighted by Crippen LogP contribution is 2.32. The number of hydrogen-bond donors (Lipinski definition) is 2. The summed E-state index contributed by atoms with van der Waals surface area (Å²) in [7, 11) is 0. The van der Waals surface area contributed by atoms with Crippen molar-refractivity contribution in [3.8, 4) is 11.5 Å². The topological polar surface area (TPSA) is 62.8 Å². The number of fused-ring (bicyclic) bond motifs is 1. The van der Waals surface area contributed by atoms with Gasteiger partial charge in [0.25, 0.3) is 0 Å². The van der Waals surface area contributed by atoms with E-state index in [0.717, 1.165) is 18.8 Å². The van der Waals surface area contributed by atoms with Crippen LogP contribution < -0.4 is 25.0 Å². The van der Waals surface area contributed by atoms with E-state index in [1.54, 1.807) is 6.07 Å². The second-order valence-electron chi connectivity index (χ2n) is 5.98. The van der Waals surface area contributed by atoms with Crippen LogP contribution in [0.1, 0.15) is 13.8 Å². The van der Waals surface area contributed by atoms with Gasteiger partial charge in [-0.3, -0.25) is 4.79 Å². The maximum atomic E-state index is 12.2. The fourth-order valence-corrected chi connectivity index (χ4v) is 2.89. The van der Waals surface area contributed by atoms with Crippen LogP contribution in [0.5, 0.6) is 11.5 Å². The molecule has 1 heterocycles. The van der Waals surface area contributed by atoms with Crippen LogP contribution in [0.15, 0.2) is 42.5 Å². The second-order valence-corrected chi connectivity index (χ2v) is 5.98. The Hall–Kier alpha value is -2.89. The monoisotopic (exact) mass is 355 g/mol. The van der Waals surface area contributed by atoms with Crippen molar-refractivity contribution < 1.29 is 14.3 Å². The number of benzene rings is 2. The molecule has 0 radical (unpaired) electrons. The molecule has 0 saturated carbocycles. The Morgan fingerprint density at radius 2 is 1.62 bits per heavy atom. The molecule has 0 unspecified atom stereocenters. The van der Waals surface area contributed by atoms with Gasteiger partial charge in [-0.25, -0.2) is 0 Å². The summed E-state index contributed by atoms with van der Waals surface area (Å²) in [6.07, 6.45) is 0. The number of carbonyl (C=O) groups excluding carboxylic acids is 1. The molecule has 6 nitrogen and oxygen atoms in total. The average molecular weight is 355 g/mol. The summed E-state index contributed by atoms with van der Waals surface area (Å²) in [6, 6.07) is 13.5. The van der Waals surface area contributed by atoms with Crippen LogP contribution in [0.3, 0.4) is 0 Å². The fourth-order valence-electron chi connectivity index (χ4n) is 2.89. The van der Waals surface area contributed by atoms with E-state index >= 15 is 0 Å². The highest BCUT2D eigenvalue weighted by atomic mass is 16.6. The molecule has 0 aromatic heterocycles. The predicted octanol–water partition coefficient (Wildman–Crippen LogP) is 3.35. The average Bonchev–Trinajstić information content (AvgIpc) is 2.68. The van der Waals surface area contributed by atoms with Crippen LogP contribution in [0.25, 0.3) is 0 Å². The molecular weight excluding hydrogens is 330 g/mol. The zero-order valence-corrected chi connectivity index (χ0v) is 15.2. The van der Waals surface area contributed by atoms with Crippen LogP contribution in [0.4, 0.5) is 17.1 Å². The van der Waals surface area contributed by atoms with Crippen molar-refractivity contribution in [3.63, 3.8) is 0 Å². The summed E-state index contributed by atoms with van der Waals surface area (Å²) >= 11 is 0. The Morgan fingerprint density at radius 3 is 2.31 bits per heavy atom. The van der Waals surface area contributed by atoms with Crippen LogP contribution in [0.2, 0.25) is 0 Å². The van der Waals surface area contributed by atoms with Gasteiger partial charge in [0.05, 0.1) is 6.54 Å². The minimum atomic E-state index is -0.116. The van der Waals surface area contributed by atoms with Gasteiger partial charge in [-0.15, -0.1) is 0 Å². The first-order chi connectivity index (χ1) is 12.7. The zero-order chi connectivity index (χ0) is 18.4. The smallest absolute Gasteiger partial charge is 0.243 e. The predicted molar refractivity (Wildman–Crippen MR) is 105 cm³/mol. The molecule has 26 heavy (non-hydrogen) atoms. The summed E-state index contributed by atoms with van der Waals surface area (Å²) in [4.78, 5) is 14.4. The fraction of sp³-hybridized carbons (Fsp3) is 0.350. The van der Waals surface area contributed by atoms with Gasteiger partial charge < -0.3 is 25.0 Å². The first-order valence-electron chi connectivity index (χ1n) is 8.98. The van der Waals surface area contributed by atoms with E-state index in [-0.39, 0.29) is 12.5 Å². The number of anilines is 3. The van der Waals surface area contributed by atoms with Crippen LogP contribution in [0, 0.1) is 0 Å². The standard InChI is InChI=1S/C20H25N3O3/c1-3-23(4-2)17-8-5-15(6-9-17)21-14-20(24)22-16-7-10-18-19(13-16)26-12-11-25-18/h5-10,13,21H,3-4,11-12,14H2,1-2H3,(H,22,24). The van der Waals surface area contributed by atoms with Gasteiger partial charge in [-0.1, -0.05) is 0 Å². The van der Waals surface area contributed by atoms with Crippen molar-refractivity contribution in [2.75, 3.05) is 48.4 Å². The molecule has 1 aliphatic heterocycles. The highest BCUT2D eigenvalue weighted by molar-refractivity contribution is 5.94. The van der Waals surface area contributed by atoms with E-state index in [2.05, 4.69) is 41.5 Å². The maximum Gasteiger partial charge on any atom is 0.243 e. The lowest BCUT2D eigenvalue weighted by molar-refractivity contribution is -0.114. The van der Waals surface area contributed by atoms with Gasteiger partial charge in [0.15, 0.2) is 11.5 Å². The number of amides is 1. The number of nitrogens with one attached hydrogen (secondary N) is 2. The van der Waals surface area contributed by atoms with Gasteiger partial charge in [0.1, 0.15) is 13.2 Å². The lowest BCUT2D eigenvalue weighted by Crippen LogP contribution is -2.23. The van der Waals surface area contributed by atoms with Crippen molar-refractivity contribution >= 4 is 23.0 Å². The second kappa shape index (κ2) is 8.47. The van der Waals surface area contributed by atoms with Crippen molar-refractivity contribution in [2.45, 2.75) is 13.8 Å². The summed E-state index contributed by atoms with van der Waals surface area (Å²) in [5.74, 6) is 1.25. The molecule has 0 atom stereocenters. The normalized spacial score (nSPS) is 12.4. The number of rotatable bonds is 7. The molecule has 0 fully saturated rings. The molecule has 138 valence electrons. The van der Waals surface area contributed by atoms with Gasteiger partial charge in [-0.05, 0) is 50.2 Å². The third-order valence-electron chi connectivity index (χ3n) is 4.27. The molecule has 2 aromatic rings. The Balaban J connectivity index is 1.52. The molecule has 1 amide bonds. The molecule has 2 N–H and O–H groups in total. The Morgan fingerprint density at radius 1 is 0.962 bits per heavy atom. The quantitative estimate of drug-likeness (QED) is 0.797. The molecule has 2 aromatic carbocycles. The van der Waals surface area contributed by atoms with Crippen molar-refractivity contribution in [1.29, 1.82) is 0 Å². The van der Waals surface area contributed by atoms with E-state index in [1.807, 2.05) is 24.3 Å². The molecule has 1 aliphatic rings. The molecule has 0 saturated heterocycles. The van der Waals surface area contributed by atoms with E-state index in [9.17, 15) is 4.79 Å². The number of carbonyl (C=O) groups is 1. The minimum Gasteiger partial charge on any atom is -0.486 e. The minimum absolute atomic E-state index is 0.116. The highest BCUT2D eigenvalue weighted by Gasteiger charge is 2.12. The SMILES string of the molecule is CCN(CC)c1ccc(NCC(=O)Nc2ccc3c(c2)OCCO3)cc1. The molecular formula is C20H25N3O3. The Labute approximate surface area is 154 Å². The Bertz CT molecular complexity index is 742. The molecule has 0 bridgehead atoms. The largest absolute Gasteiger partial charge is 0.486 e. The van der Waals surface area contributed by atoms with Crippen molar-refractivity contribution in [3.05, 3.63) is 42.5 Å². The lowest BCUT2D eigenvalue weighted by Gasteiger charge is -2.21. The first kappa shape index (κ1) is 17.9. The number of nitrogens with zero attached hydrogens (tertiary/aromatic N) is 1. The van der Waals surface area contributed by atoms with E-state index in [1.165, 1.54) is 5.69 Å². The first-order valence-corrected chi connectivity index (χ1v) is 8.98. The molecule has 6 heteroatoms. The summed E-state index contributed by atoms with van der Waals surface area (Å²) < 4.78 is 11.0. The van der Waals surface area contributed by atoms with Gasteiger partial charge in [0, 0.05) is 36.2 Å². The molecule has 0 spiro atoms. The summed E-state index contributed by atoms with van der Waals surface area (Å²) in [5.41, 5.74) is 2.79. The van der Waals surface area contributed by atoms with Crippen molar-refractivity contribution in [2.24, 2.45) is 0 Å². The molecule has 3 rings (SSSR count). The van der Waals surface area contributed by atoms with Crippen molar-refractivity contribution in [1.82, 2.24) is 0 Å². The van der Waals surface area contributed by atoms with Crippen LogP contribution in [-0.2, 0) is 4.79 Å². The van der Waals surface area contributed by atoms with Crippen LogP contribution in [-0.4, -0.2) is 38.8 Å². The third-order valence-corrected chi connectivity index (χ3v) is 4.27. The van der Waals surface area contributed by atoms with Gasteiger partial charge >= 0.3 is 0 Å². The lowest BCUT2D eigenvalue weighted by atomic mass is 10.2. The summed E-state index contributed by atoms with van der Waals surface area (Å²) in [6.45, 7) is 7.49. The summed E-state index contributed by atoms with van der Waals surface area (Å²) in [5, 5.41) is 6.01. The van der Waals surface area contributed by atoms with E-state index < -0.39 is 0 Å². The number of ether oxygens (including phenoxy) is 2. The van der Waals surface area contributed by atoms with E-state index in [4.69, 9.17) is 9.47 Å². The molecule has 0 aliphatic carbocycles. The van der Waals surface area contributed by atoms with Crippen LogP contribution >= 0.6 is 0 Å². The number of hydrogen-bond acceptors (Lipinski definition) is 5. The Kier molecular flexibility index (Phi) is 5.84. The van der Waals surface area contributed by atoms with Gasteiger partial charge in [-0.2, -0.15) is 0 Å². The maximum absolute atomic E-state index is 12.2. The zero-order valence-electron chi connectivity index (χ0n) is 15.2. The third kappa shape index (κ3) is 4.39. The van der Waals surface area contributed by atoms with Gasteiger partial charge in [0.2, 0.25) is 5.91 Å².